The number of carbonyl (C=O) groups is 1. The lowest BCUT2D eigenvalue weighted by Gasteiger charge is -2.10. The van der Waals surface area contributed by atoms with Crippen molar-refractivity contribution in [1.29, 1.82) is 0 Å². The van der Waals surface area contributed by atoms with E-state index in [0.717, 1.165) is 11.3 Å². The van der Waals surface area contributed by atoms with E-state index in [4.69, 9.17) is 4.74 Å². The quantitative estimate of drug-likeness (QED) is 0.882. The molecule has 0 radical (unpaired) electrons. The zero-order valence-corrected chi connectivity index (χ0v) is 12.4. The number of carboxylic acid groups (broad SMARTS) is 1. The van der Waals surface area contributed by atoms with Crippen molar-refractivity contribution >= 4 is 5.97 Å². The third-order valence-corrected chi connectivity index (χ3v) is 3.11. The first kappa shape index (κ1) is 15.0. The number of hydrogen-bond donors (Lipinski definition) is 1. The minimum atomic E-state index is -1.05. The fourth-order valence-electron chi connectivity index (χ4n) is 2.10. The smallest absolute Gasteiger partial charge is 0.358 e. The third-order valence-electron chi connectivity index (χ3n) is 3.11. The summed E-state index contributed by atoms with van der Waals surface area (Å²) in [4.78, 5) is 11.3. The van der Waals surface area contributed by atoms with E-state index in [9.17, 15) is 9.90 Å². The Balaban J connectivity index is 2.31. The average Bonchev–Trinajstić information content (AvgIpc) is 2.82. The fraction of sp³-hybridized carbons (Fsp3) is 0.400. The highest BCUT2D eigenvalue weighted by atomic mass is 16.5. The molecule has 0 spiro atoms. The molecule has 0 fully saturated rings. The summed E-state index contributed by atoms with van der Waals surface area (Å²) in [5.41, 5.74) is 1.64. The van der Waals surface area contributed by atoms with Crippen molar-refractivity contribution in [3.8, 4) is 5.75 Å². The molecule has 1 aromatic carbocycles. The Bertz CT molecular complexity index is 618. The Morgan fingerprint density at radius 1 is 1.33 bits per heavy atom. The number of rotatable bonds is 6. The van der Waals surface area contributed by atoms with Crippen molar-refractivity contribution in [1.82, 2.24) is 15.0 Å². The lowest BCUT2D eigenvalue weighted by atomic mass is 10.1. The van der Waals surface area contributed by atoms with Crippen LogP contribution in [0.5, 0.6) is 5.75 Å². The van der Waals surface area contributed by atoms with Crippen LogP contribution in [0.25, 0.3) is 0 Å². The SMILES string of the molecule is COc1ccc(Cc2c(C(=O)O)nnn2CC(C)C)cc1. The molecule has 0 saturated heterocycles. The predicted molar refractivity (Wildman–Crippen MR) is 77.6 cm³/mol. The summed E-state index contributed by atoms with van der Waals surface area (Å²) in [5, 5.41) is 17.0. The van der Waals surface area contributed by atoms with Gasteiger partial charge in [-0.15, -0.1) is 5.10 Å². The van der Waals surface area contributed by atoms with E-state index < -0.39 is 5.97 Å². The second-order valence-electron chi connectivity index (χ2n) is 5.29. The van der Waals surface area contributed by atoms with Crippen LogP contribution in [0.4, 0.5) is 0 Å². The lowest BCUT2D eigenvalue weighted by Crippen LogP contribution is -2.12. The maximum Gasteiger partial charge on any atom is 0.358 e. The minimum Gasteiger partial charge on any atom is -0.497 e. The Kier molecular flexibility index (Phi) is 4.57. The van der Waals surface area contributed by atoms with Gasteiger partial charge >= 0.3 is 5.97 Å². The number of carboxylic acids is 1. The molecule has 0 unspecified atom stereocenters. The third kappa shape index (κ3) is 3.59. The Morgan fingerprint density at radius 2 is 2.00 bits per heavy atom. The summed E-state index contributed by atoms with van der Waals surface area (Å²) in [5.74, 6) is 0.0856. The molecule has 0 amide bonds. The Morgan fingerprint density at radius 3 is 2.52 bits per heavy atom. The summed E-state index contributed by atoms with van der Waals surface area (Å²) in [6.45, 7) is 4.75. The van der Waals surface area contributed by atoms with Gasteiger partial charge in [0.15, 0.2) is 5.69 Å². The summed E-state index contributed by atoms with van der Waals surface area (Å²) < 4.78 is 6.80. The number of hydrogen-bond acceptors (Lipinski definition) is 4. The number of nitrogens with zero attached hydrogens (tertiary/aromatic N) is 3. The van der Waals surface area contributed by atoms with E-state index in [2.05, 4.69) is 24.2 Å². The monoisotopic (exact) mass is 289 g/mol. The van der Waals surface area contributed by atoms with Crippen molar-refractivity contribution in [3.63, 3.8) is 0 Å². The summed E-state index contributed by atoms with van der Waals surface area (Å²) in [6, 6.07) is 7.53. The molecule has 6 nitrogen and oxygen atoms in total. The van der Waals surface area contributed by atoms with Crippen molar-refractivity contribution < 1.29 is 14.6 Å². The topological polar surface area (TPSA) is 77.2 Å². The number of aromatic nitrogens is 3. The molecule has 1 aromatic heterocycles. The van der Waals surface area contributed by atoms with Crippen LogP contribution in [0, 0.1) is 5.92 Å². The highest BCUT2D eigenvalue weighted by molar-refractivity contribution is 5.86. The molecule has 1 N–H and O–H groups in total. The van der Waals surface area contributed by atoms with Gasteiger partial charge in [-0.25, -0.2) is 9.48 Å². The minimum absolute atomic E-state index is 0.0199. The van der Waals surface area contributed by atoms with Gasteiger partial charge in [0.05, 0.1) is 12.8 Å². The Labute approximate surface area is 123 Å². The zero-order chi connectivity index (χ0) is 15.4. The van der Waals surface area contributed by atoms with Gasteiger partial charge in [-0.2, -0.15) is 0 Å². The van der Waals surface area contributed by atoms with Crippen molar-refractivity contribution in [2.75, 3.05) is 7.11 Å². The first-order valence-corrected chi connectivity index (χ1v) is 6.79. The molecule has 0 bridgehead atoms. The predicted octanol–water partition coefficient (Wildman–Crippen LogP) is 2.23. The molecular weight excluding hydrogens is 270 g/mol. The first-order chi connectivity index (χ1) is 10.0. The van der Waals surface area contributed by atoms with Crippen LogP contribution in [-0.4, -0.2) is 33.2 Å². The zero-order valence-electron chi connectivity index (χ0n) is 12.4. The van der Waals surface area contributed by atoms with Crippen LogP contribution in [0.2, 0.25) is 0 Å². The van der Waals surface area contributed by atoms with Crippen LogP contribution in [-0.2, 0) is 13.0 Å². The molecule has 2 rings (SSSR count). The number of aromatic carboxylic acids is 1. The van der Waals surface area contributed by atoms with Crippen LogP contribution in [0.15, 0.2) is 24.3 Å². The molecule has 0 atom stereocenters. The van der Waals surface area contributed by atoms with E-state index in [-0.39, 0.29) is 5.69 Å². The van der Waals surface area contributed by atoms with Crippen LogP contribution in [0.1, 0.15) is 35.6 Å². The maximum atomic E-state index is 11.3. The molecule has 0 aliphatic rings. The van der Waals surface area contributed by atoms with E-state index >= 15 is 0 Å². The first-order valence-electron chi connectivity index (χ1n) is 6.79. The van der Waals surface area contributed by atoms with Gasteiger partial charge in [-0.1, -0.05) is 31.2 Å². The van der Waals surface area contributed by atoms with Crippen LogP contribution < -0.4 is 4.74 Å². The largest absolute Gasteiger partial charge is 0.497 e. The number of ether oxygens (including phenoxy) is 1. The van der Waals surface area contributed by atoms with E-state index in [0.29, 0.717) is 24.6 Å². The normalized spacial score (nSPS) is 10.9. The molecule has 0 saturated carbocycles. The standard InChI is InChI=1S/C15H19N3O3/c1-10(2)9-18-13(14(15(19)20)16-17-18)8-11-4-6-12(21-3)7-5-11/h4-7,10H,8-9H2,1-3H3,(H,19,20). The second kappa shape index (κ2) is 6.39. The molecule has 112 valence electrons. The molecule has 21 heavy (non-hydrogen) atoms. The average molecular weight is 289 g/mol. The van der Waals surface area contributed by atoms with Crippen molar-refractivity contribution in [2.24, 2.45) is 5.92 Å². The van der Waals surface area contributed by atoms with Gasteiger partial charge in [-0.3, -0.25) is 0 Å². The summed E-state index contributed by atoms with van der Waals surface area (Å²) in [6.07, 6.45) is 0.478. The summed E-state index contributed by atoms with van der Waals surface area (Å²) >= 11 is 0. The highest BCUT2D eigenvalue weighted by Gasteiger charge is 2.19. The van der Waals surface area contributed by atoms with E-state index in [1.807, 2.05) is 24.3 Å². The van der Waals surface area contributed by atoms with E-state index in [1.165, 1.54) is 0 Å². The van der Waals surface area contributed by atoms with E-state index in [1.54, 1.807) is 11.8 Å². The molecule has 0 aliphatic heterocycles. The van der Waals surface area contributed by atoms with Crippen molar-refractivity contribution in [3.05, 3.63) is 41.2 Å². The number of benzene rings is 1. The molecule has 1 heterocycles. The fourth-order valence-corrected chi connectivity index (χ4v) is 2.10. The van der Waals surface area contributed by atoms with Gasteiger partial charge in [0.2, 0.25) is 0 Å². The van der Waals surface area contributed by atoms with Crippen LogP contribution in [0.3, 0.4) is 0 Å². The number of methoxy groups -OCH3 is 1. The molecule has 6 heteroatoms. The molecule has 0 aliphatic carbocycles. The van der Waals surface area contributed by atoms with Gasteiger partial charge in [-0.05, 0) is 23.6 Å². The summed E-state index contributed by atoms with van der Waals surface area (Å²) in [7, 11) is 1.61. The Hall–Kier alpha value is -2.37. The highest BCUT2D eigenvalue weighted by Crippen LogP contribution is 2.17. The van der Waals surface area contributed by atoms with Crippen molar-refractivity contribution in [2.45, 2.75) is 26.8 Å². The van der Waals surface area contributed by atoms with Gasteiger partial charge in [0, 0.05) is 13.0 Å². The maximum absolute atomic E-state index is 11.3. The van der Waals surface area contributed by atoms with Crippen LogP contribution >= 0.6 is 0 Å². The van der Waals surface area contributed by atoms with Gasteiger partial charge in [0.1, 0.15) is 5.75 Å². The molecular formula is C15H19N3O3. The second-order valence-corrected chi connectivity index (χ2v) is 5.29. The lowest BCUT2D eigenvalue weighted by molar-refractivity contribution is 0.0689. The molecule has 2 aromatic rings. The van der Waals surface area contributed by atoms with Gasteiger partial charge in [0.25, 0.3) is 0 Å². The van der Waals surface area contributed by atoms with Gasteiger partial charge < -0.3 is 9.84 Å².